The van der Waals surface area contributed by atoms with Crippen LogP contribution < -0.4 is 15.8 Å². The maximum absolute atomic E-state index is 11.6. The average Bonchev–Trinajstić information content (AvgIpc) is 2.35. The largest absolute Gasteiger partial charge is 0.492 e. The predicted molar refractivity (Wildman–Crippen MR) is 84.4 cm³/mol. The van der Waals surface area contributed by atoms with Crippen LogP contribution in [0.15, 0.2) is 24.3 Å². The van der Waals surface area contributed by atoms with Crippen molar-refractivity contribution in [3.63, 3.8) is 0 Å². The van der Waals surface area contributed by atoms with E-state index in [2.05, 4.69) is 5.32 Å². The summed E-state index contributed by atoms with van der Waals surface area (Å²) in [6.07, 6.45) is 0.699. The van der Waals surface area contributed by atoms with E-state index in [1.165, 1.54) is 5.56 Å². The molecule has 0 aliphatic heterocycles. The molecule has 5 heteroatoms. The van der Waals surface area contributed by atoms with Gasteiger partial charge in [-0.1, -0.05) is 31.5 Å². The molecule has 1 aromatic rings. The number of hydrogen-bond donors (Lipinski definition) is 2. The first kappa shape index (κ1) is 18.7. The highest BCUT2D eigenvalue weighted by atomic mass is 35.5. The van der Waals surface area contributed by atoms with Crippen LogP contribution in [0.5, 0.6) is 5.75 Å². The van der Waals surface area contributed by atoms with E-state index >= 15 is 0 Å². The molecule has 1 aromatic carbocycles. The first-order valence-corrected chi connectivity index (χ1v) is 6.72. The Labute approximate surface area is 127 Å². The third kappa shape index (κ3) is 7.36. The molecule has 0 saturated heterocycles. The summed E-state index contributed by atoms with van der Waals surface area (Å²) in [5.41, 5.74) is 6.97. The number of ether oxygens (including phenoxy) is 1. The summed E-state index contributed by atoms with van der Waals surface area (Å²) in [4.78, 5) is 11.6. The van der Waals surface area contributed by atoms with Crippen LogP contribution in [0, 0.1) is 12.8 Å². The molecule has 0 radical (unpaired) electrons. The topological polar surface area (TPSA) is 64.3 Å². The van der Waals surface area contributed by atoms with E-state index in [-0.39, 0.29) is 18.3 Å². The van der Waals surface area contributed by atoms with Gasteiger partial charge in [0.15, 0.2) is 0 Å². The lowest BCUT2D eigenvalue weighted by Crippen LogP contribution is -2.42. The quantitative estimate of drug-likeness (QED) is 0.759. The standard InChI is InChI=1S/C15H24N2O2.ClH/c1-11(2)10-14(16)15(18)17-8-9-19-13-6-4-12(3)5-7-13;/h4-7,11,14H,8-10,16H2,1-3H3,(H,17,18);1H/t14-;/m0./s1. The fourth-order valence-electron chi connectivity index (χ4n) is 1.72. The molecular formula is C15H25ClN2O2. The van der Waals surface area contributed by atoms with Crippen LogP contribution in [0.4, 0.5) is 0 Å². The van der Waals surface area contributed by atoms with E-state index in [1.807, 2.05) is 45.0 Å². The second-order valence-electron chi connectivity index (χ2n) is 5.19. The zero-order valence-electron chi connectivity index (χ0n) is 12.4. The van der Waals surface area contributed by atoms with Crippen molar-refractivity contribution < 1.29 is 9.53 Å². The Bertz CT molecular complexity index is 393. The molecular weight excluding hydrogens is 276 g/mol. The highest BCUT2D eigenvalue weighted by molar-refractivity contribution is 5.85. The summed E-state index contributed by atoms with van der Waals surface area (Å²) in [6, 6.07) is 7.39. The molecule has 0 aliphatic carbocycles. The number of nitrogens with two attached hydrogens (primary N) is 1. The van der Waals surface area contributed by atoms with Crippen molar-refractivity contribution in [2.45, 2.75) is 33.2 Å². The molecule has 0 unspecified atom stereocenters. The van der Waals surface area contributed by atoms with E-state index in [1.54, 1.807) is 0 Å². The summed E-state index contributed by atoms with van der Waals surface area (Å²) in [6.45, 7) is 7.04. The molecule has 1 atom stereocenters. The maximum atomic E-state index is 11.6. The Morgan fingerprint density at radius 2 is 1.90 bits per heavy atom. The number of amides is 1. The molecule has 0 heterocycles. The summed E-state index contributed by atoms with van der Waals surface area (Å²) in [5.74, 6) is 1.12. The number of carbonyl (C=O) groups is 1. The molecule has 0 aromatic heterocycles. The number of halogens is 1. The molecule has 3 N–H and O–H groups in total. The molecule has 114 valence electrons. The minimum atomic E-state index is -0.431. The second-order valence-corrected chi connectivity index (χ2v) is 5.19. The van der Waals surface area contributed by atoms with Gasteiger partial charge in [0.2, 0.25) is 5.91 Å². The van der Waals surface area contributed by atoms with Crippen LogP contribution in [0.3, 0.4) is 0 Å². The number of nitrogens with one attached hydrogen (secondary N) is 1. The average molecular weight is 301 g/mol. The lowest BCUT2D eigenvalue weighted by molar-refractivity contribution is -0.122. The molecule has 1 amide bonds. The van der Waals surface area contributed by atoms with Crippen molar-refractivity contribution in [2.75, 3.05) is 13.2 Å². The fourth-order valence-corrected chi connectivity index (χ4v) is 1.72. The summed E-state index contributed by atoms with van der Waals surface area (Å²) < 4.78 is 5.52. The molecule has 1 rings (SSSR count). The van der Waals surface area contributed by atoms with Crippen LogP contribution in [0.1, 0.15) is 25.8 Å². The summed E-state index contributed by atoms with van der Waals surface area (Å²) in [5, 5.41) is 2.78. The van der Waals surface area contributed by atoms with E-state index in [0.29, 0.717) is 25.5 Å². The SMILES string of the molecule is Cc1ccc(OCCNC(=O)[C@@H](N)CC(C)C)cc1.Cl. The number of benzene rings is 1. The molecule has 4 nitrogen and oxygen atoms in total. The third-order valence-electron chi connectivity index (χ3n) is 2.75. The zero-order valence-corrected chi connectivity index (χ0v) is 13.2. The summed E-state index contributed by atoms with van der Waals surface area (Å²) in [7, 11) is 0. The Morgan fingerprint density at radius 3 is 2.45 bits per heavy atom. The molecule has 0 spiro atoms. The van der Waals surface area contributed by atoms with Crippen molar-refractivity contribution >= 4 is 18.3 Å². The normalized spacial score (nSPS) is 11.7. The lowest BCUT2D eigenvalue weighted by atomic mass is 10.0. The van der Waals surface area contributed by atoms with Crippen molar-refractivity contribution in [3.05, 3.63) is 29.8 Å². The first-order chi connectivity index (χ1) is 8.99. The van der Waals surface area contributed by atoms with Crippen LogP contribution in [0.2, 0.25) is 0 Å². The Kier molecular flexibility index (Phi) is 9.01. The first-order valence-electron chi connectivity index (χ1n) is 6.72. The molecule has 20 heavy (non-hydrogen) atoms. The zero-order chi connectivity index (χ0) is 14.3. The lowest BCUT2D eigenvalue weighted by Gasteiger charge is -2.14. The monoisotopic (exact) mass is 300 g/mol. The van der Waals surface area contributed by atoms with Gasteiger partial charge in [0.25, 0.3) is 0 Å². The highest BCUT2D eigenvalue weighted by Gasteiger charge is 2.13. The van der Waals surface area contributed by atoms with E-state index in [9.17, 15) is 4.79 Å². The van der Waals surface area contributed by atoms with Gasteiger partial charge < -0.3 is 15.8 Å². The Balaban J connectivity index is 0.00000361. The van der Waals surface area contributed by atoms with Crippen LogP contribution in [-0.4, -0.2) is 25.1 Å². The fraction of sp³-hybridized carbons (Fsp3) is 0.533. The predicted octanol–water partition coefficient (Wildman–Crippen LogP) is 2.29. The van der Waals surface area contributed by atoms with Gasteiger partial charge in [-0.2, -0.15) is 0 Å². The number of rotatable bonds is 7. The molecule has 0 aliphatic rings. The number of carbonyl (C=O) groups excluding carboxylic acids is 1. The summed E-state index contributed by atoms with van der Waals surface area (Å²) >= 11 is 0. The molecule has 0 bridgehead atoms. The molecule has 0 fully saturated rings. The van der Waals surface area contributed by atoms with Crippen molar-refractivity contribution in [1.82, 2.24) is 5.32 Å². The van der Waals surface area contributed by atoms with Gasteiger partial charge in [0.1, 0.15) is 12.4 Å². The van der Waals surface area contributed by atoms with Gasteiger partial charge in [-0.15, -0.1) is 12.4 Å². The van der Waals surface area contributed by atoms with Gasteiger partial charge in [-0.05, 0) is 31.4 Å². The third-order valence-corrected chi connectivity index (χ3v) is 2.75. The van der Waals surface area contributed by atoms with Crippen molar-refractivity contribution in [3.8, 4) is 5.75 Å². The number of hydrogen-bond acceptors (Lipinski definition) is 3. The minimum absolute atomic E-state index is 0. The van der Waals surface area contributed by atoms with Gasteiger partial charge in [-0.3, -0.25) is 4.79 Å². The van der Waals surface area contributed by atoms with Crippen LogP contribution in [-0.2, 0) is 4.79 Å². The smallest absolute Gasteiger partial charge is 0.237 e. The van der Waals surface area contributed by atoms with E-state index < -0.39 is 6.04 Å². The number of aryl methyl sites for hydroxylation is 1. The highest BCUT2D eigenvalue weighted by Crippen LogP contribution is 2.10. The Hall–Kier alpha value is -1.26. The van der Waals surface area contributed by atoms with E-state index in [0.717, 1.165) is 5.75 Å². The van der Waals surface area contributed by atoms with Crippen LogP contribution in [0.25, 0.3) is 0 Å². The molecule has 0 saturated carbocycles. The van der Waals surface area contributed by atoms with Gasteiger partial charge in [-0.25, -0.2) is 0 Å². The minimum Gasteiger partial charge on any atom is -0.492 e. The maximum Gasteiger partial charge on any atom is 0.237 e. The van der Waals surface area contributed by atoms with Gasteiger partial charge in [0.05, 0.1) is 12.6 Å². The van der Waals surface area contributed by atoms with Crippen molar-refractivity contribution in [2.24, 2.45) is 11.7 Å². The van der Waals surface area contributed by atoms with Crippen molar-refractivity contribution in [1.29, 1.82) is 0 Å². The van der Waals surface area contributed by atoms with Crippen LogP contribution >= 0.6 is 12.4 Å². The van der Waals surface area contributed by atoms with Gasteiger partial charge >= 0.3 is 0 Å². The van der Waals surface area contributed by atoms with Gasteiger partial charge in [0, 0.05) is 0 Å². The second kappa shape index (κ2) is 9.61. The van der Waals surface area contributed by atoms with E-state index in [4.69, 9.17) is 10.5 Å². The Morgan fingerprint density at radius 1 is 1.30 bits per heavy atom.